The van der Waals surface area contributed by atoms with Crippen LogP contribution in [0.25, 0.3) is 0 Å². The van der Waals surface area contributed by atoms with Crippen molar-refractivity contribution < 1.29 is 13.2 Å². The summed E-state index contributed by atoms with van der Waals surface area (Å²) in [5.41, 5.74) is 5.83. The van der Waals surface area contributed by atoms with Crippen LogP contribution in [0.3, 0.4) is 0 Å². The second-order valence-electron chi connectivity index (χ2n) is 4.95. The highest BCUT2D eigenvalue weighted by molar-refractivity contribution is 14.0. The molecule has 0 amide bonds. The third-order valence-electron chi connectivity index (χ3n) is 3.28. The van der Waals surface area contributed by atoms with Crippen LogP contribution < -0.4 is 5.73 Å². The van der Waals surface area contributed by atoms with Crippen molar-refractivity contribution in [3.05, 3.63) is 11.6 Å². The number of aromatic amines is 1. The second kappa shape index (κ2) is 7.27. The zero-order valence-electron chi connectivity index (χ0n) is 11.5. The summed E-state index contributed by atoms with van der Waals surface area (Å²) in [6, 6.07) is 0. The number of nitrogens with one attached hydrogen (secondary N) is 1. The van der Waals surface area contributed by atoms with Gasteiger partial charge in [-0.2, -0.15) is 13.2 Å². The van der Waals surface area contributed by atoms with E-state index in [4.69, 9.17) is 5.73 Å². The summed E-state index contributed by atoms with van der Waals surface area (Å²) in [5.74, 6) is -0.136. The van der Waals surface area contributed by atoms with E-state index >= 15 is 0 Å². The average Bonchev–Trinajstić information content (AvgIpc) is 2.85. The monoisotopic (exact) mass is 418 g/mol. The van der Waals surface area contributed by atoms with Gasteiger partial charge in [0.05, 0.1) is 0 Å². The number of hydrogen-bond acceptors (Lipinski definition) is 3. The van der Waals surface area contributed by atoms with Crippen molar-refractivity contribution in [2.75, 3.05) is 13.1 Å². The fraction of sp³-hybridized carbons (Fsp3) is 0.727. The number of likely N-dealkylation sites (tertiary alicyclic amines) is 1. The van der Waals surface area contributed by atoms with E-state index in [0.717, 1.165) is 25.9 Å². The zero-order valence-corrected chi connectivity index (χ0v) is 13.9. The number of nitrogens with zero attached hydrogens (tertiary/aromatic N) is 4. The number of alkyl halides is 3. The number of H-pyrrole nitrogens is 1. The molecule has 2 rings (SSSR count). The number of piperidine rings is 1. The molecule has 0 saturated carbocycles. The molecule has 1 aromatic heterocycles. The molecule has 0 unspecified atom stereocenters. The minimum absolute atomic E-state index is 0. The summed E-state index contributed by atoms with van der Waals surface area (Å²) >= 11 is 0. The predicted molar refractivity (Wildman–Crippen MR) is 82.1 cm³/mol. The van der Waals surface area contributed by atoms with Crippen LogP contribution in [0.15, 0.2) is 4.99 Å². The maximum Gasteiger partial charge on any atom is 0.453 e. The molecule has 0 bridgehead atoms. The Labute approximate surface area is 137 Å². The van der Waals surface area contributed by atoms with Gasteiger partial charge < -0.3 is 10.6 Å². The van der Waals surface area contributed by atoms with Crippen LogP contribution in [-0.2, 0) is 12.7 Å². The van der Waals surface area contributed by atoms with Gasteiger partial charge in [0.2, 0.25) is 0 Å². The van der Waals surface area contributed by atoms with Crippen LogP contribution in [0.2, 0.25) is 0 Å². The Morgan fingerprint density at radius 2 is 2.05 bits per heavy atom. The highest BCUT2D eigenvalue weighted by Gasteiger charge is 2.35. The van der Waals surface area contributed by atoms with Gasteiger partial charge in [-0.15, -0.1) is 29.1 Å². The molecule has 2 heterocycles. The van der Waals surface area contributed by atoms with Gasteiger partial charge in [0, 0.05) is 13.1 Å². The number of aliphatic imine (C=N–C) groups is 1. The van der Waals surface area contributed by atoms with E-state index in [0.29, 0.717) is 11.9 Å². The zero-order chi connectivity index (χ0) is 14.8. The van der Waals surface area contributed by atoms with E-state index < -0.39 is 12.0 Å². The number of rotatable bonds is 2. The molecule has 120 valence electrons. The topological polar surface area (TPSA) is 83.2 Å². The number of guanidine groups is 1. The van der Waals surface area contributed by atoms with Gasteiger partial charge in [0.25, 0.3) is 5.82 Å². The molecule has 0 aromatic carbocycles. The molecule has 1 fully saturated rings. The van der Waals surface area contributed by atoms with E-state index in [1.807, 2.05) is 4.90 Å². The lowest BCUT2D eigenvalue weighted by atomic mass is 10.00. The van der Waals surface area contributed by atoms with Crippen molar-refractivity contribution in [3.8, 4) is 0 Å². The SMILES string of the molecule is CC1CCN(C(N)=NCc2nc(C(F)(F)F)n[nH]2)CC1.I. The number of aromatic nitrogens is 3. The van der Waals surface area contributed by atoms with E-state index in [2.05, 4.69) is 27.1 Å². The smallest absolute Gasteiger partial charge is 0.370 e. The summed E-state index contributed by atoms with van der Waals surface area (Å²) in [5, 5.41) is 5.32. The average molecular weight is 418 g/mol. The van der Waals surface area contributed by atoms with Gasteiger partial charge in [-0.05, 0) is 18.8 Å². The molecule has 0 spiro atoms. The molecule has 1 aliphatic rings. The molecule has 3 N–H and O–H groups in total. The summed E-state index contributed by atoms with van der Waals surface area (Å²) in [4.78, 5) is 9.33. The van der Waals surface area contributed by atoms with E-state index in [-0.39, 0.29) is 36.3 Å². The lowest BCUT2D eigenvalue weighted by Gasteiger charge is -2.30. The van der Waals surface area contributed by atoms with Crippen LogP contribution in [0.5, 0.6) is 0 Å². The summed E-state index contributed by atoms with van der Waals surface area (Å²) in [6.45, 7) is 3.78. The van der Waals surface area contributed by atoms with Crippen LogP contribution in [0.1, 0.15) is 31.4 Å². The van der Waals surface area contributed by atoms with Gasteiger partial charge in [0.1, 0.15) is 12.4 Å². The Hall–Kier alpha value is -1.07. The fourth-order valence-corrected chi connectivity index (χ4v) is 1.99. The van der Waals surface area contributed by atoms with Gasteiger partial charge in [0.15, 0.2) is 5.96 Å². The second-order valence-corrected chi connectivity index (χ2v) is 4.95. The maximum atomic E-state index is 12.3. The first-order valence-electron chi connectivity index (χ1n) is 6.39. The highest BCUT2D eigenvalue weighted by atomic mass is 127. The van der Waals surface area contributed by atoms with E-state index in [1.54, 1.807) is 0 Å². The Kier molecular flexibility index (Phi) is 6.23. The lowest BCUT2D eigenvalue weighted by molar-refractivity contribution is -0.144. The third kappa shape index (κ3) is 5.00. The number of hydrogen-bond donors (Lipinski definition) is 2. The first-order valence-corrected chi connectivity index (χ1v) is 6.39. The normalized spacial score (nSPS) is 17.7. The van der Waals surface area contributed by atoms with Crippen LogP contribution >= 0.6 is 24.0 Å². The van der Waals surface area contributed by atoms with Gasteiger partial charge in [-0.25, -0.2) is 9.98 Å². The molecular formula is C11H18F3IN6. The summed E-state index contributed by atoms with van der Waals surface area (Å²) in [7, 11) is 0. The summed E-state index contributed by atoms with van der Waals surface area (Å²) in [6.07, 6.45) is -2.47. The fourth-order valence-electron chi connectivity index (χ4n) is 1.99. The number of nitrogens with two attached hydrogens (primary N) is 1. The first kappa shape index (κ1) is 18.0. The largest absolute Gasteiger partial charge is 0.453 e. The van der Waals surface area contributed by atoms with Gasteiger partial charge >= 0.3 is 6.18 Å². The van der Waals surface area contributed by atoms with Crippen molar-refractivity contribution in [2.24, 2.45) is 16.6 Å². The Balaban J connectivity index is 0.00000220. The lowest BCUT2D eigenvalue weighted by Crippen LogP contribution is -2.42. The quantitative estimate of drug-likeness (QED) is 0.437. The first-order chi connectivity index (χ1) is 9.36. The maximum absolute atomic E-state index is 12.3. The molecule has 0 atom stereocenters. The van der Waals surface area contributed by atoms with Gasteiger partial charge in [-0.1, -0.05) is 6.92 Å². The predicted octanol–water partition coefficient (Wildman–Crippen LogP) is 1.99. The van der Waals surface area contributed by atoms with Gasteiger partial charge in [-0.3, -0.25) is 5.10 Å². The van der Waals surface area contributed by atoms with Crippen LogP contribution in [0.4, 0.5) is 13.2 Å². The van der Waals surface area contributed by atoms with Crippen LogP contribution in [0, 0.1) is 5.92 Å². The molecule has 0 aliphatic carbocycles. The molecule has 1 aromatic rings. The van der Waals surface area contributed by atoms with Crippen molar-refractivity contribution in [1.82, 2.24) is 20.1 Å². The standard InChI is InChI=1S/C11H17F3N6.HI/c1-7-2-4-20(5-3-7)10(15)16-6-8-17-9(19-18-8)11(12,13)14;/h7H,2-6H2,1H3,(H2,15,16)(H,17,18,19);1H. The Morgan fingerprint density at radius 3 is 2.57 bits per heavy atom. The van der Waals surface area contributed by atoms with Crippen LogP contribution in [-0.4, -0.2) is 39.1 Å². The number of halogens is 4. The minimum Gasteiger partial charge on any atom is -0.370 e. The van der Waals surface area contributed by atoms with Crippen molar-refractivity contribution in [2.45, 2.75) is 32.5 Å². The third-order valence-corrected chi connectivity index (χ3v) is 3.28. The molecule has 1 saturated heterocycles. The van der Waals surface area contributed by atoms with E-state index in [9.17, 15) is 13.2 Å². The molecular weight excluding hydrogens is 400 g/mol. The summed E-state index contributed by atoms with van der Waals surface area (Å²) < 4.78 is 36.9. The van der Waals surface area contributed by atoms with Crippen molar-refractivity contribution in [1.29, 1.82) is 0 Å². The molecule has 21 heavy (non-hydrogen) atoms. The molecule has 6 nitrogen and oxygen atoms in total. The minimum atomic E-state index is -4.55. The van der Waals surface area contributed by atoms with Crippen molar-refractivity contribution >= 4 is 29.9 Å². The molecule has 10 heteroatoms. The van der Waals surface area contributed by atoms with E-state index in [1.165, 1.54) is 0 Å². The Morgan fingerprint density at radius 1 is 1.43 bits per heavy atom. The molecule has 0 radical (unpaired) electrons. The highest BCUT2D eigenvalue weighted by Crippen LogP contribution is 2.25. The van der Waals surface area contributed by atoms with Crippen molar-refractivity contribution in [3.63, 3.8) is 0 Å². The molecule has 1 aliphatic heterocycles. The Bertz CT molecular complexity index is 479.